The van der Waals surface area contributed by atoms with Crippen molar-refractivity contribution >= 4 is 17.6 Å². The van der Waals surface area contributed by atoms with E-state index in [1.54, 1.807) is 4.90 Å². The predicted molar refractivity (Wildman–Crippen MR) is 79.8 cm³/mol. The average Bonchev–Trinajstić information content (AvgIpc) is 3.37. The number of carbonyl (C=O) groups excluding carboxylic acids is 1. The maximum Gasteiger partial charge on any atom is 0.356 e. The molecule has 0 atom stereocenters. The third-order valence-corrected chi connectivity index (χ3v) is 3.54. The fourth-order valence-electron chi connectivity index (χ4n) is 2.16. The molecule has 3 rings (SSSR count). The number of carboxylic acid groups (broad SMARTS) is 1. The lowest BCUT2D eigenvalue weighted by Gasteiger charge is -2.22. The van der Waals surface area contributed by atoms with E-state index in [1.165, 1.54) is 6.20 Å². The van der Waals surface area contributed by atoms with Crippen LogP contribution >= 0.6 is 0 Å². The van der Waals surface area contributed by atoms with Gasteiger partial charge in [0, 0.05) is 12.2 Å². The number of benzene rings is 1. The molecule has 0 radical (unpaired) electrons. The van der Waals surface area contributed by atoms with Gasteiger partial charge in [0.2, 0.25) is 0 Å². The summed E-state index contributed by atoms with van der Waals surface area (Å²) >= 11 is 0. The molecular weight excluding hydrogens is 282 g/mol. The highest BCUT2D eigenvalue weighted by Gasteiger charge is 2.29. The van der Waals surface area contributed by atoms with E-state index in [4.69, 9.17) is 5.11 Å². The normalized spacial score (nSPS) is 13.6. The van der Waals surface area contributed by atoms with Crippen molar-refractivity contribution in [3.63, 3.8) is 0 Å². The zero-order chi connectivity index (χ0) is 15.5. The van der Waals surface area contributed by atoms with Gasteiger partial charge in [0.15, 0.2) is 5.69 Å². The number of hydrogen-bond donors (Lipinski definition) is 1. The van der Waals surface area contributed by atoms with Crippen LogP contribution in [-0.2, 0) is 0 Å². The number of hydrogen-bond acceptors (Lipinski definition) is 4. The summed E-state index contributed by atoms with van der Waals surface area (Å²) in [5.74, 6) is -0.901. The van der Waals surface area contributed by atoms with Gasteiger partial charge in [-0.3, -0.25) is 4.79 Å². The molecule has 6 heteroatoms. The van der Waals surface area contributed by atoms with E-state index in [0.717, 1.165) is 24.7 Å². The summed E-state index contributed by atoms with van der Waals surface area (Å²) < 4.78 is 0. The van der Waals surface area contributed by atoms with Crippen LogP contribution in [0.1, 0.15) is 33.8 Å². The monoisotopic (exact) mass is 297 g/mol. The van der Waals surface area contributed by atoms with E-state index < -0.39 is 5.97 Å². The van der Waals surface area contributed by atoms with Crippen molar-refractivity contribution in [3.8, 4) is 0 Å². The molecule has 1 heterocycles. The summed E-state index contributed by atoms with van der Waals surface area (Å²) in [6.45, 7) is 0.644. The zero-order valence-corrected chi connectivity index (χ0v) is 11.8. The number of carbonyl (C=O) groups is 2. The number of anilines is 1. The predicted octanol–water partition coefficient (Wildman–Crippen LogP) is 2.23. The summed E-state index contributed by atoms with van der Waals surface area (Å²) in [7, 11) is 0. The van der Waals surface area contributed by atoms with Crippen LogP contribution in [0, 0.1) is 5.92 Å². The molecular formula is C16H15N3O3. The van der Waals surface area contributed by atoms with E-state index in [-0.39, 0.29) is 17.3 Å². The van der Waals surface area contributed by atoms with Gasteiger partial charge >= 0.3 is 5.97 Å². The fraction of sp³-hybridized carbons (Fsp3) is 0.250. The number of aromatic nitrogens is 2. The maximum absolute atomic E-state index is 12.7. The van der Waals surface area contributed by atoms with Crippen LogP contribution in [0.3, 0.4) is 0 Å². The molecule has 0 unspecified atom stereocenters. The molecule has 1 aliphatic rings. The maximum atomic E-state index is 12.7. The molecule has 1 saturated carbocycles. The van der Waals surface area contributed by atoms with Crippen LogP contribution in [0.15, 0.2) is 42.7 Å². The zero-order valence-electron chi connectivity index (χ0n) is 11.8. The van der Waals surface area contributed by atoms with Gasteiger partial charge in [0.25, 0.3) is 5.91 Å². The first-order valence-corrected chi connectivity index (χ1v) is 7.07. The summed E-state index contributed by atoms with van der Waals surface area (Å²) in [6, 6.07) is 9.40. The minimum absolute atomic E-state index is 0.148. The highest BCUT2D eigenvalue weighted by molar-refractivity contribution is 6.04. The Morgan fingerprint density at radius 2 is 1.73 bits per heavy atom. The Morgan fingerprint density at radius 3 is 2.27 bits per heavy atom. The van der Waals surface area contributed by atoms with E-state index in [9.17, 15) is 9.59 Å². The van der Waals surface area contributed by atoms with Crippen LogP contribution in [0.2, 0.25) is 0 Å². The second-order valence-electron chi connectivity index (χ2n) is 5.29. The van der Waals surface area contributed by atoms with Gasteiger partial charge in [-0.1, -0.05) is 18.2 Å². The van der Waals surface area contributed by atoms with Gasteiger partial charge in [0.05, 0.1) is 12.4 Å². The van der Waals surface area contributed by atoms with Crippen molar-refractivity contribution in [1.29, 1.82) is 0 Å². The second kappa shape index (κ2) is 5.93. The van der Waals surface area contributed by atoms with E-state index in [2.05, 4.69) is 9.97 Å². The standard InChI is InChI=1S/C16H15N3O3/c20-15(13-8-18-14(9-17-13)16(21)22)19(10-11-6-7-11)12-4-2-1-3-5-12/h1-5,8-9,11H,6-7,10H2,(H,21,22). The minimum Gasteiger partial charge on any atom is -0.476 e. The molecule has 112 valence electrons. The molecule has 0 saturated heterocycles. The van der Waals surface area contributed by atoms with Crippen molar-refractivity contribution < 1.29 is 14.7 Å². The van der Waals surface area contributed by atoms with Gasteiger partial charge in [-0.25, -0.2) is 14.8 Å². The Bertz CT molecular complexity index is 682. The molecule has 1 amide bonds. The van der Waals surface area contributed by atoms with Gasteiger partial charge in [0.1, 0.15) is 5.69 Å². The number of aromatic carboxylic acids is 1. The summed E-state index contributed by atoms with van der Waals surface area (Å²) in [5.41, 5.74) is 0.781. The Balaban J connectivity index is 1.86. The Hall–Kier alpha value is -2.76. The van der Waals surface area contributed by atoms with Gasteiger partial charge in [-0.2, -0.15) is 0 Å². The minimum atomic E-state index is -1.16. The van der Waals surface area contributed by atoms with Crippen LogP contribution in [0.25, 0.3) is 0 Å². The number of rotatable bonds is 5. The molecule has 1 fully saturated rings. The van der Waals surface area contributed by atoms with Crippen molar-refractivity contribution in [2.24, 2.45) is 5.92 Å². The lowest BCUT2D eigenvalue weighted by molar-refractivity contribution is 0.0689. The third kappa shape index (κ3) is 3.11. The smallest absolute Gasteiger partial charge is 0.356 e. The fourth-order valence-corrected chi connectivity index (χ4v) is 2.16. The summed E-state index contributed by atoms with van der Waals surface area (Å²) in [4.78, 5) is 32.8. The first-order valence-electron chi connectivity index (χ1n) is 7.07. The molecule has 0 bridgehead atoms. The number of amides is 1. The van der Waals surface area contributed by atoms with Crippen molar-refractivity contribution in [2.75, 3.05) is 11.4 Å². The topological polar surface area (TPSA) is 83.4 Å². The van der Waals surface area contributed by atoms with Gasteiger partial charge in [-0.05, 0) is 30.9 Å². The number of carboxylic acids is 1. The number of nitrogens with zero attached hydrogens (tertiary/aromatic N) is 3. The van der Waals surface area contributed by atoms with Crippen molar-refractivity contribution in [1.82, 2.24) is 9.97 Å². The molecule has 22 heavy (non-hydrogen) atoms. The second-order valence-corrected chi connectivity index (χ2v) is 5.29. The van der Waals surface area contributed by atoms with Crippen LogP contribution in [0.4, 0.5) is 5.69 Å². The quantitative estimate of drug-likeness (QED) is 0.915. The van der Waals surface area contributed by atoms with Gasteiger partial charge < -0.3 is 10.0 Å². The first-order chi connectivity index (χ1) is 10.6. The lowest BCUT2D eigenvalue weighted by atomic mass is 10.2. The lowest BCUT2D eigenvalue weighted by Crippen LogP contribution is -2.33. The Labute approximate surface area is 127 Å². The van der Waals surface area contributed by atoms with E-state index >= 15 is 0 Å². The van der Waals surface area contributed by atoms with E-state index in [0.29, 0.717) is 12.5 Å². The third-order valence-electron chi connectivity index (χ3n) is 3.54. The highest BCUT2D eigenvalue weighted by atomic mass is 16.4. The first kappa shape index (κ1) is 14.2. The largest absolute Gasteiger partial charge is 0.476 e. The SMILES string of the molecule is O=C(O)c1cnc(C(=O)N(CC2CC2)c2ccccc2)cn1. The molecule has 0 spiro atoms. The van der Waals surface area contributed by atoms with Gasteiger partial charge in [-0.15, -0.1) is 0 Å². The molecule has 2 aromatic rings. The highest BCUT2D eigenvalue weighted by Crippen LogP contribution is 2.31. The van der Waals surface area contributed by atoms with Crippen LogP contribution in [-0.4, -0.2) is 33.5 Å². The Kier molecular flexibility index (Phi) is 3.82. The molecule has 6 nitrogen and oxygen atoms in total. The summed E-state index contributed by atoms with van der Waals surface area (Å²) in [5, 5.41) is 8.83. The average molecular weight is 297 g/mol. The van der Waals surface area contributed by atoms with E-state index in [1.807, 2.05) is 30.3 Å². The van der Waals surface area contributed by atoms with Crippen LogP contribution in [0.5, 0.6) is 0 Å². The molecule has 1 aromatic heterocycles. The molecule has 1 aromatic carbocycles. The molecule has 1 N–H and O–H groups in total. The van der Waals surface area contributed by atoms with Crippen molar-refractivity contribution in [3.05, 3.63) is 54.1 Å². The molecule has 1 aliphatic carbocycles. The van der Waals surface area contributed by atoms with Crippen molar-refractivity contribution in [2.45, 2.75) is 12.8 Å². The number of para-hydroxylation sites is 1. The summed E-state index contributed by atoms with van der Waals surface area (Å²) in [6.07, 6.45) is 4.57. The Morgan fingerprint density at radius 1 is 1.09 bits per heavy atom. The van der Waals surface area contributed by atoms with Crippen LogP contribution < -0.4 is 4.90 Å². The molecule has 0 aliphatic heterocycles.